The van der Waals surface area contributed by atoms with E-state index in [1.807, 2.05) is 0 Å². The Balaban J connectivity index is -0.0000000655. The summed E-state index contributed by atoms with van der Waals surface area (Å²) < 4.78 is 77.6. The Kier molecular flexibility index (Phi) is 15.0. The second-order valence-corrected chi connectivity index (χ2v) is 6.60. The third-order valence-corrected chi connectivity index (χ3v) is 0. The van der Waals surface area contributed by atoms with E-state index in [1.165, 1.54) is 0 Å². The van der Waals surface area contributed by atoms with Gasteiger partial charge in [0.1, 0.15) is 0 Å². The van der Waals surface area contributed by atoms with Crippen molar-refractivity contribution in [1.29, 1.82) is 0 Å². The van der Waals surface area contributed by atoms with Crippen molar-refractivity contribution in [3.8, 4) is 0 Å². The summed E-state index contributed by atoms with van der Waals surface area (Å²) in [4.78, 5) is 0. The molecule has 0 heterocycles. The van der Waals surface area contributed by atoms with Crippen LogP contribution < -0.4 is 0 Å². The van der Waals surface area contributed by atoms with Crippen molar-refractivity contribution < 1.29 is 61.3 Å². The molecule has 0 amide bonds. The average Bonchev–Trinajstić information content (AvgIpc) is 1.41. The fraction of sp³-hybridized carbons (Fsp3) is 1.00. The van der Waals surface area contributed by atoms with Crippen LogP contribution in [0.5, 0.6) is 0 Å². The third-order valence-electron chi connectivity index (χ3n) is 0. The van der Waals surface area contributed by atoms with Gasteiger partial charge in [-0.2, -0.15) is 25.3 Å². The first-order valence-corrected chi connectivity index (χ1v) is 8.32. The molecule has 13 heteroatoms. The minimum Gasteiger partial charge on any atom is -0.286 e. The molecule has 0 fully saturated rings. The van der Waals surface area contributed by atoms with Gasteiger partial charge in [-0.05, 0) is 0 Å². The van der Waals surface area contributed by atoms with Gasteiger partial charge in [-0.25, -0.2) is 0 Å². The molecule has 0 atom stereocenters. The van der Waals surface area contributed by atoms with E-state index in [0.717, 1.165) is 0 Å². The zero-order valence-electron chi connectivity index (χ0n) is 8.32. The summed E-state index contributed by atoms with van der Waals surface area (Å²) in [6.45, 7) is 0. The smallest absolute Gasteiger partial charge is 0.261 e. The van der Waals surface area contributed by atoms with Crippen molar-refractivity contribution in [2.45, 2.75) is 0 Å². The van der Waals surface area contributed by atoms with Crippen LogP contribution in [0.3, 0.4) is 0 Å². The molecule has 107 valence electrons. The first-order chi connectivity index (χ1) is 6.00. The van der Waals surface area contributed by atoms with Gasteiger partial charge in [0.05, 0.1) is 18.8 Å². The summed E-state index contributed by atoms with van der Waals surface area (Å²) in [6.07, 6.45) is 2.15. The summed E-state index contributed by atoms with van der Waals surface area (Å²) in [5.41, 5.74) is 0. The Labute approximate surface area is 110 Å². The van der Waals surface area contributed by atoms with Crippen LogP contribution in [0.2, 0.25) is 0 Å². The molecule has 0 bridgehead atoms. The molecule has 0 aromatic heterocycles. The fourth-order valence-electron chi connectivity index (χ4n) is 0. The molecule has 16 heavy (non-hydrogen) atoms. The van der Waals surface area contributed by atoms with E-state index in [4.69, 9.17) is 13.7 Å². The first-order valence-electron chi connectivity index (χ1n) is 2.77. The largest absolute Gasteiger partial charge is 0.286 e. The molecule has 3 N–H and O–H groups in total. The van der Waals surface area contributed by atoms with Crippen LogP contribution in [-0.2, 0) is 52.7 Å². The van der Waals surface area contributed by atoms with Crippen molar-refractivity contribution in [3.63, 3.8) is 0 Å². The van der Waals surface area contributed by atoms with E-state index < -0.39 is 30.4 Å². The van der Waals surface area contributed by atoms with E-state index in [1.54, 1.807) is 0 Å². The van der Waals surface area contributed by atoms with E-state index in [9.17, 15) is 25.3 Å². The molecule has 0 saturated heterocycles. The Morgan fingerprint density at radius 1 is 0.562 bits per heavy atom. The summed E-state index contributed by atoms with van der Waals surface area (Å²) in [5.74, 6) is 0. The summed E-state index contributed by atoms with van der Waals surface area (Å²) in [5, 5.41) is 0. The monoisotopic (exact) mass is 395 g/mol. The zero-order valence-corrected chi connectivity index (χ0v) is 12.2. The van der Waals surface area contributed by atoms with Crippen LogP contribution >= 0.6 is 0 Å². The van der Waals surface area contributed by atoms with Crippen LogP contribution in [0.1, 0.15) is 0 Å². The second kappa shape index (κ2) is 9.50. The molecule has 0 aromatic carbocycles. The molecular formula is C3H12AgO9S3. The Morgan fingerprint density at radius 2 is 0.562 bits per heavy atom. The van der Waals surface area contributed by atoms with Gasteiger partial charge in [0, 0.05) is 22.4 Å². The van der Waals surface area contributed by atoms with E-state index in [0.29, 0.717) is 18.8 Å². The van der Waals surface area contributed by atoms with Crippen LogP contribution in [0.4, 0.5) is 0 Å². The first kappa shape index (κ1) is 25.3. The van der Waals surface area contributed by atoms with Gasteiger partial charge in [0.15, 0.2) is 0 Å². The number of hydrogen-bond acceptors (Lipinski definition) is 6. The van der Waals surface area contributed by atoms with Crippen LogP contribution in [0.15, 0.2) is 0 Å². The van der Waals surface area contributed by atoms with Gasteiger partial charge in [-0.15, -0.1) is 0 Å². The van der Waals surface area contributed by atoms with E-state index in [-0.39, 0.29) is 22.4 Å². The maximum absolute atomic E-state index is 9.19. The molecule has 0 spiro atoms. The second-order valence-electron chi connectivity index (χ2n) is 2.20. The van der Waals surface area contributed by atoms with Crippen LogP contribution in [0.25, 0.3) is 0 Å². The predicted molar refractivity (Wildman–Crippen MR) is 52.4 cm³/mol. The van der Waals surface area contributed by atoms with Gasteiger partial charge in [-0.1, -0.05) is 0 Å². The standard InChI is InChI=1S/3CH4O3S.Ag/c3*1-5(2,3)4;/h3*1H3,(H,2,3,4);. The van der Waals surface area contributed by atoms with Crippen molar-refractivity contribution >= 4 is 30.4 Å². The summed E-state index contributed by atoms with van der Waals surface area (Å²) in [6, 6.07) is 0. The molecule has 0 aliphatic carbocycles. The average molecular weight is 396 g/mol. The van der Waals surface area contributed by atoms with Gasteiger partial charge < -0.3 is 0 Å². The number of rotatable bonds is 0. The molecule has 0 aliphatic heterocycles. The van der Waals surface area contributed by atoms with Crippen LogP contribution in [0, 0.1) is 0 Å². The Hall–Kier alpha value is 0.470. The van der Waals surface area contributed by atoms with Gasteiger partial charge in [0.2, 0.25) is 0 Å². The summed E-state index contributed by atoms with van der Waals surface area (Å²) in [7, 11) is -11.0. The minimum absolute atomic E-state index is 0. The molecule has 0 aliphatic rings. The van der Waals surface area contributed by atoms with Crippen molar-refractivity contribution in [2.24, 2.45) is 0 Å². The van der Waals surface area contributed by atoms with Gasteiger partial charge in [0.25, 0.3) is 30.4 Å². The minimum atomic E-state index is -3.67. The molecule has 0 rings (SSSR count). The van der Waals surface area contributed by atoms with Crippen LogP contribution in [-0.4, -0.2) is 57.7 Å². The fourth-order valence-corrected chi connectivity index (χ4v) is 0. The van der Waals surface area contributed by atoms with Gasteiger partial charge >= 0.3 is 0 Å². The maximum atomic E-state index is 9.19. The van der Waals surface area contributed by atoms with Crippen molar-refractivity contribution in [1.82, 2.24) is 0 Å². The van der Waals surface area contributed by atoms with Crippen molar-refractivity contribution in [3.05, 3.63) is 0 Å². The molecule has 9 nitrogen and oxygen atoms in total. The summed E-state index contributed by atoms with van der Waals surface area (Å²) >= 11 is 0. The quantitative estimate of drug-likeness (QED) is 0.327. The molecule has 1 radical (unpaired) electrons. The molecule has 0 aromatic rings. The normalized spacial score (nSPS) is 10.9. The SMILES string of the molecule is CS(=O)(=O)O.CS(=O)(=O)O.CS(=O)(=O)O.[Ag]. The number of hydrogen-bond donors (Lipinski definition) is 3. The zero-order chi connectivity index (χ0) is 13.5. The topological polar surface area (TPSA) is 163 Å². The predicted octanol–water partition coefficient (Wildman–Crippen LogP) is -1.49. The third kappa shape index (κ3) is 11900. The van der Waals surface area contributed by atoms with E-state index >= 15 is 0 Å². The molecule has 0 unspecified atom stereocenters. The Bertz CT molecular complexity index is 347. The van der Waals surface area contributed by atoms with E-state index in [2.05, 4.69) is 0 Å². The Morgan fingerprint density at radius 3 is 0.562 bits per heavy atom. The maximum Gasteiger partial charge on any atom is 0.261 e. The van der Waals surface area contributed by atoms with Crippen molar-refractivity contribution in [2.75, 3.05) is 18.8 Å². The molecular weight excluding hydrogens is 384 g/mol. The van der Waals surface area contributed by atoms with Gasteiger partial charge in [-0.3, -0.25) is 13.7 Å². The molecule has 0 saturated carbocycles.